The van der Waals surface area contributed by atoms with Crippen LogP contribution in [0.4, 0.5) is 0 Å². The maximum atomic E-state index is 13.7. The van der Waals surface area contributed by atoms with Crippen LogP contribution in [-0.4, -0.2) is 74.5 Å². The number of benzene rings is 1. The molecule has 3 fully saturated rings. The first-order valence-electron chi connectivity index (χ1n) is 13.9. The lowest BCUT2D eigenvalue weighted by atomic mass is 9.55. The van der Waals surface area contributed by atoms with Gasteiger partial charge in [-0.05, 0) is 102 Å². The summed E-state index contributed by atoms with van der Waals surface area (Å²) in [7, 11) is 1.70. The number of aromatic nitrogens is 2. The molecule has 2 saturated heterocycles. The van der Waals surface area contributed by atoms with Gasteiger partial charge in [-0.15, -0.1) is 0 Å². The molecule has 0 radical (unpaired) electrons. The highest BCUT2D eigenvalue weighted by Crippen LogP contribution is 2.55. The Hall–Kier alpha value is -2.38. The molecule has 0 bridgehead atoms. The van der Waals surface area contributed by atoms with E-state index in [0.717, 1.165) is 36.7 Å². The van der Waals surface area contributed by atoms with Crippen molar-refractivity contribution in [2.75, 3.05) is 26.7 Å². The highest BCUT2D eigenvalue weighted by Gasteiger charge is 2.62. The molecule has 3 atom stereocenters. The minimum absolute atomic E-state index is 0.0180. The first-order chi connectivity index (χ1) is 17.5. The van der Waals surface area contributed by atoms with Gasteiger partial charge in [-0.25, -0.2) is 0 Å². The summed E-state index contributed by atoms with van der Waals surface area (Å²) >= 11 is 0. The number of methoxy groups -OCH3 is 1. The smallest absolute Gasteiger partial charge is 0.244 e. The van der Waals surface area contributed by atoms with E-state index in [-0.39, 0.29) is 18.5 Å². The number of likely N-dealkylation sites (tertiary alicyclic amines) is 2. The molecule has 202 valence electrons. The van der Waals surface area contributed by atoms with Crippen molar-refractivity contribution in [3.63, 3.8) is 0 Å². The van der Waals surface area contributed by atoms with Crippen LogP contribution in [0, 0.1) is 19.8 Å². The summed E-state index contributed by atoms with van der Waals surface area (Å²) in [6, 6.07) is 6.24. The molecule has 3 aliphatic rings. The summed E-state index contributed by atoms with van der Waals surface area (Å²) in [6.07, 6.45) is 8.38. The van der Waals surface area contributed by atoms with E-state index >= 15 is 0 Å². The van der Waals surface area contributed by atoms with Gasteiger partial charge in [0.05, 0.1) is 18.9 Å². The molecule has 1 aromatic carbocycles. The van der Waals surface area contributed by atoms with Gasteiger partial charge in [-0.2, -0.15) is 5.10 Å². The number of carbonyl (C=O) groups excluding carboxylic acids is 1. The van der Waals surface area contributed by atoms with Gasteiger partial charge in [-0.3, -0.25) is 14.4 Å². The number of aliphatic hydroxyl groups is 1. The average Bonchev–Trinajstić information content (AvgIpc) is 3.58. The van der Waals surface area contributed by atoms with Crippen molar-refractivity contribution in [3.8, 4) is 5.75 Å². The molecule has 3 unspecified atom stereocenters. The fourth-order valence-corrected chi connectivity index (χ4v) is 7.33. The van der Waals surface area contributed by atoms with Crippen molar-refractivity contribution in [1.29, 1.82) is 0 Å². The third-order valence-electron chi connectivity index (χ3n) is 9.60. The Morgan fingerprint density at radius 1 is 1.19 bits per heavy atom. The highest BCUT2D eigenvalue weighted by molar-refractivity contribution is 5.77. The fourth-order valence-electron chi connectivity index (χ4n) is 7.33. The zero-order chi connectivity index (χ0) is 26.6. The van der Waals surface area contributed by atoms with Gasteiger partial charge >= 0.3 is 0 Å². The molecule has 5 rings (SSSR count). The summed E-state index contributed by atoms with van der Waals surface area (Å²) in [6.45, 7) is 13.4. The Morgan fingerprint density at radius 3 is 2.57 bits per heavy atom. The number of nitrogens with zero attached hydrogens (tertiary/aromatic N) is 4. The van der Waals surface area contributed by atoms with Crippen LogP contribution in [0.25, 0.3) is 0 Å². The van der Waals surface area contributed by atoms with Crippen molar-refractivity contribution in [3.05, 3.63) is 47.3 Å². The van der Waals surface area contributed by atoms with Crippen molar-refractivity contribution in [2.24, 2.45) is 5.92 Å². The number of fused-ring (bicyclic) bond motifs is 1. The van der Waals surface area contributed by atoms with E-state index in [0.29, 0.717) is 19.4 Å². The van der Waals surface area contributed by atoms with Crippen LogP contribution >= 0.6 is 0 Å². The second-order valence-corrected chi connectivity index (χ2v) is 12.6. The lowest BCUT2D eigenvalue weighted by Gasteiger charge is -2.58. The molecule has 1 aromatic heterocycles. The van der Waals surface area contributed by atoms with E-state index in [9.17, 15) is 9.90 Å². The van der Waals surface area contributed by atoms with Crippen molar-refractivity contribution >= 4 is 5.91 Å². The summed E-state index contributed by atoms with van der Waals surface area (Å²) in [4.78, 5) is 18.2. The Bertz CT molecular complexity index is 1160. The molecule has 3 heterocycles. The average molecular weight is 509 g/mol. The SMILES string of the molecule is COc1ccc(C)c(C23CCN(CC4CC4)C(C)C2(O)CC(C)(C)N(C(=O)Cn2cc(C)cn2)CC3)c1. The van der Waals surface area contributed by atoms with Gasteiger partial charge in [0, 0.05) is 42.7 Å². The molecule has 7 heteroatoms. The van der Waals surface area contributed by atoms with Gasteiger partial charge in [0.1, 0.15) is 12.3 Å². The number of amides is 1. The summed E-state index contributed by atoms with van der Waals surface area (Å²) in [5, 5.41) is 17.4. The lowest BCUT2D eigenvalue weighted by Crippen LogP contribution is -2.69. The normalized spacial score (nSPS) is 30.0. The van der Waals surface area contributed by atoms with Gasteiger partial charge in [0.15, 0.2) is 0 Å². The maximum Gasteiger partial charge on any atom is 0.244 e. The molecular weight excluding hydrogens is 464 g/mol. The van der Waals surface area contributed by atoms with Crippen LogP contribution in [0.1, 0.15) is 69.6 Å². The second-order valence-electron chi connectivity index (χ2n) is 12.6. The molecular formula is C30H44N4O3. The van der Waals surface area contributed by atoms with Gasteiger partial charge in [-0.1, -0.05) is 6.07 Å². The molecule has 1 amide bonds. The number of rotatable bonds is 6. The van der Waals surface area contributed by atoms with E-state index in [1.54, 1.807) is 18.0 Å². The maximum absolute atomic E-state index is 13.7. The van der Waals surface area contributed by atoms with Crippen LogP contribution in [0.2, 0.25) is 0 Å². The van der Waals surface area contributed by atoms with E-state index in [1.807, 2.05) is 24.1 Å². The van der Waals surface area contributed by atoms with Crippen LogP contribution in [-0.2, 0) is 16.8 Å². The van der Waals surface area contributed by atoms with Crippen LogP contribution in [0.3, 0.4) is 0 Å². The third-order valence-corrected chi connectivity index (χ3v) is 9.60. The molecule has 1 N–H and O–H groups in total. The number of carbonyl (C=O) groups is 1. The number of hydrogen-bond donors (Lipinski definition) is 1. The summed E-state index contributed by atoms with van der Waals surface area (Å²) < 4.78 is 7.38. The zero-order valence-corrected chi connectivity index (χ0v) is 23.5. The summed E-state index contributed by atoms with van der Waals surface area (Å²) in [5.41, 5.74) is 1.39. The van der Waals surface area contributed by atoms with E-state index < -0.39 is 16.6 Å². The Labute approximate surface area is 221 Å². The predicted molar refractivity (Wildman–Crippen MR) is 145 cm³/mol. The Balaban J connectivity index is 1.57. The standard InChI is InChI=1S/C30H44N4O3/c1-21-16-31-33(17-21)19-27(35)34-14-12-29(26-15-25(37-6)10-7-22(26)2)11-13-32(18-24-8-9-24)23(3)30(29,36)20-28(34,4)5/h7,10,15-17,23-24,36H,8-9,11-14,18-20H2,1-6H3. The minimum atomic E-state index is -1.00. The van der Waals surface area contributed by atoms with Crippen LogP contribution in [0.15, 0.2) is 30.6 Å². The second kappa shape index (κ2) is 9.42. The topological polar surface area (TPSA) is 70.8 Å². The van der Waals surface area contributed by atoms with Gasteiger partial charge in [0.25, 0.3) is 0 Å². The summed E-state index contributed by atoms with van der Waals surface area (Å²) in [5.74, 6) is 1.62. The van der Waals surface area contributed by atoms with E-state index in [1.165, 1.54) is 24.0 Å². The van der Waals surface area contributed by atoms with Crippen molar-refractivity contribution in [2.45, 2.75) is 95.9 Å². The fraction of sp³-hybridized carbons (Fsp3) is 0.667. The monoisotopic (exact) mass is 508 g/mol. The molecule has 1 saturated carbocycles. The molecule has 2 aliphatic heterocycles. The number of ether oxygens (including phenoxy) is 1. The molecule has 1 aliphatic carbocycles. The first-order valence-corrected chi connectivity index (χ1v) is 13.9. The Morgan fingerprint density at radius 2 is 1.92 bits per heavy atom. The van der Waals surface area contributed by atoms with E-state index in [2.05, 4.69) is 49.8 Å². The number of piperidine rings is 1. The molecule has 37 heavy (non-hydrogen) atoms. The zero-order valence-electron chi connectivity index (χ0n) is 23.5. The number of hydrogen-bond acceptors (Lipinski definition) is 5. The van der Waals surface area contributed by atoms with Crippen LogP contribution < -0.4 is 4.74 Å². The minimum Gasteiger partial charge on any atom is -0.497 e. The van der Waals surface area contributed by atoms with Gasteiger partial charge < -0.3 is 14.7 Å². The quantitative estimate of drug-likeness (QED) is 0.637. The van der Waals surface area contributed by atoms with Gasteiger partial charge in [0.2, 0.25) is 5.91 Å². The van der Waals surface area contributed by atoms with E-state index in [4.69, 9.17) is 4.74 Å². The first kappa shape index (κ1) is 26.2. The van der Waals surface area contributed by atoms with Crippen molar-refractivity contribution < 1.29 is 14.6 Å². The molecule has 2 aromatic rings. The lowest BCUT2D eigenvalue weighted by molar-refractivity contribution is -0.151. The molecule has 0 spiro atoms. The third kappa shape index (κ3) is 4.59. The predicted octanol–water partition coefficient (Wildman–Crippen LogP) is 4.08. The van der Waals surface area contributed by atoms with Crippen LogP contribution in [0.5, 0.6) is 5.75 Å². The van der Waals surface area contributed by atoms with Crippen molar-refractivity contribution in [1.82, 2.24) is 19.6 Å². The Kier molecular flexibility index (Phi) is 6.68. The number of aryl methyl sites for hydroxylation is 2. The molecule has 7 nitrogen and oxygen atoms in total. The largest absolute Gasteiger partial charge is 0.497 e. The highest BCUT2D eigenvalue weighted by atomic mass is 16.5.